The molecule has 2 atom stereocenters. The Morgan fingerprint density at radius 3 is 1.83 bits per heavy atom. The van der Waals surface area contributed by atoms with Crippen molar-refractivity contribution >= 4 is 25.5 Å². The molecule has 0 aromatic heterocycles. The molecule has 9 nitrogen and oxygen atoms in total. The molecule has 0 spiro atoms. The van der Waals surface area contributed by atoms with E-state index in [-0.39, 0.29) is 0 Å². The van der Waals surface area contributed by atoms with Gasteiger partial charge in [-0.15, -0.1) is 0 Å². The first kappa shape index (κ1) is 18.9. The number of carboxylic acid groups (broad SMARTS) is 2. The fourth-order valence-corrected chi connectivity index (χ4v) is 1.20. The van der Waals surface area contributed by atoms with Crippen LogP contribution in [0.3, 0.4) is 0 Å². The van der Waals surface area contributed by atoms with E-state index in [2.05, 4.69) is 9.84 Å². The zero-order valence-corrected chi connectivity index (χ0v) is 11.0. The van der Waals surface area contributed by atoms with Gasteiger partial charge in [0.05, 0.1) is 6.42 Å². The first-order valence-electron chi connectivity index (χ1n) is 4.62. The Morgan fingerprint density at radius 2 is 1.78 bits per heavy atom. The molecule has 0 aliphatic carbocycles. The third kappa shape index (κ3) is 14.6. The number of nitrogens with one attached hydrogen (secondary N) is 1. The van der Waals surface area contributed by atoms with Crippen molar-refractivity contribution in [3.8, 4) is 0 Å². The van der Waals surface area contributed by atoms with E-state index in [9.17, 15) is 18.9 Å². The number of carbonyl (C=O) groups is 3. The van der Waals surface area contributed by atoms with Crippen molar-refractivity contribution < 1.29 is 38.6 Å². The Balaban J connectivity index is 0. The van der Waals surface area contributed by atoms with Crippen LogP contribution in [0.2, 0.25) is 0 Å². The van der Waals surface area contributed by atoms with Crippen LogP contribution in [0.5, 0.6) is 0 Å². The molecule has 10 heteroatoms. The van der Waals surface area contributed by atoms with E-state index in [0.717, 1.165) is 13.6 Å². The van der Waals surface area contributed by atoms with E-state index in [1.54, 1.807) is 0 Å². The molecule has 0 saturated carbocycles. The van der Waals surface area contributed by atoms with Crippen LogP contribution in [-0.4, -0.2) is 52.8 Å². The first-order chi connectivity index (χ1) is 7.99. The Labute approximate surface area is 103 Å². The van der Waals surface area contributed by atoms with Gasteiger partial charge >= 0.3 is 25.5 Å². The van der Waals surface area contributed by atoms with Gasteiger partial charge in [-0.25, -0.2) is 4.57 Å². The largest absolute Gasteiger partial charge is 0.481 e. The van der Waals surface area contributed by atoms with Gasteiger partial charge in [0.25, 0.3) is 0 Å². The van der Waals surface area contributed by atoms with Crippen LogP contribution in [0.25, 0.3) is 0 Å². The Hall–Kier alpha value is -1.44. The van der Waals surface area contributed by atoms with Crippen molar-refractivity contribution in [1.29, 1.82) is 0 Å². The monoisotopic (exact) mass is 285 g/mol. The number of aliphatic carboxylic acids is 2. The van der Waals surface area contributed by atoms with Crippen LogP contribution in [-0.2, 0) is 23.5 Å². The summed E-state index contributed by atoms with van der Waals surface area (Å²) in [5, 5.41) is 18.8. The third-order valence-electron chi connectivity index (χ3n) is 1.32. The highest BCUT2D eigenvalue weighted by Gasteiger charge is 2.17. The second-order valence-corrected chi connectivity index (χ2v) is 4.95. The number of hydrogen-bond donors (Lipinski definition) is 4. The highest BCUT2D eigenvalue weighted by molar-refractivity contribution is 7.52. The molecule has 0 aromatic rings. The lowest BCUT2D eigenvalue weighted by Crippen LogP contribution is -2.35. The lowest BCUT2D eigenvalue weighted by molar-refractivity contribution is -0.145. The fraction of sp³-hybridized carbons (Fsp3) is 0.625. The van der Waals surface area contributed by atoms with Gasteiger partial charge in [0, 0.05) is 13.6 Å². The molecule has 18 heavy (non-hydrogen) atoms. The van der Waals surface area contributed by atoms with Crippen molar-refractivity contribution in [2.75, 3.05) is 13.7 Å². The van der Waals surface area contributed by atoms with E-state index in [1.165, 1.54) is 7.05 Å². The summed E-state index contributed by atoms with van der Waals surface area (Å²) in [6, 6.07) is -0.988. The van der Waals surface area contributed by atoms with Crippen molar-refractivity contribution in [2.24, 2.45) is 0 Å². The molecule has 0 fully saturated rings. The van der Waals surface area contributed by atoms with E-state index in [0.29, 0.717) is 0 Å². The summed E-state index contributed by atoms with van der Waals surface area (Å²) in [5.41, 5.74) is 0. The summed E-state index contributed by atoms with van der Waals surface area (Å²) in [7, 11) is -2.17. The Bertz CT molecular complexity index is 349. The van der Waals surface area contributed by atoms with Crippen LogP contribution in [0.1, 0.15) is 13.3 Å². The highest BCUT2D eigenvalue weighted by Crippen LogP contribution is 2.36. The van der Waals surface area contributed by atoms with Crippen LogP contribution < -0.4 is 5.32 Å². The predicted molar refractivity (Wildman–Crippen MR) is 60.3 cm³/mol. The van der Waals surface area contributed by atoms with Crippen LogP contribution in [0.4, 0.5) is 0 Å². The van der Waals surface area contributed by atoms with E-state index >= 15 is 0 Å². The molecule has 0 bridgehead atoms. The molecule has 0 heterocycles. The maximum absolute atomic E-state index is 10.1. The lowest BCUT2D eigenvalue weighted by Gasteiger charge is -2.06. The number of hydrogen-bond acceptors (Lipinski definition) is 6. The van der Waals surface area contributed by atoms with Gasteiger partial charge in [0.2, 0.25) is 0 Å². The van der Waals surface area contributed by atoms with Gasteiger partial charge in [-0.3, -0.25) is 14.4 Å². The van der Waals surface area contributed by atoms with Crippen LogP contribution in [0, 0.1) is 0 Å². The van der Waals surface area contributed by atoms with Gasteiger partial charge < -0.3 is 24.9 Å². The summed E-state index contributed by atoms with van der Waals surface area (Å²) in [5.74, 6) is -3.01. The number of rotatable bonds is 5. The molecule has 0 rings (SSSR count). The minimum absolute atomic E-state index is 0.397. The van der Waals surface area contributed by atoms with Gasteiger partial charge in [-0.1, -0.05) is 0 Å². The zero-order chi connectivity index (χ0) is 14.9. The van der Waals surface area contributed by atoms with E-state index < -0.39 is 38.0 Å². The fourth-order valence-electron chi connectivity index (χ4n) is 0.726. The summed E-state index contributed by atoms with van der Waals surface area (Å²) < 4.78 is 14.0. The van der Waals surface area contributed by atoms with Crippen molar-refractivity contribution in [3.63, 3.8) is 0 Å². The highest BCUT2D eigenvalue weighted by atomic mass is 31.2. The van der Waals surface area contributed by atoms with Crippen molar-refractivity contribution in [3.05, 3.63) is 0 Å². The maximum Gasteiger partial charge on any atom is 0.375 e. The van der Waals surface area contributed by atoms with Gasteiger partial charge in [-0.05, 0) is 7.05 Å². The quantitative estimate of drug-likeness (QED) is 0.490. The number of carbonyl (C=O) groups excluding carboxylic acids is 1. The maximum atomic E-state index is 10.1. The number of likely N-dealkylation sites (N-methyl/N-ethyl adjacent to an activating group) is 1. The lowest BCUT2D eigenvalue weighted by atomic mass is 10.2. The second kappa shape index (κ2) is 8.62. The van der Waals surface area contributed by atoms with Crippen molar-refractivity contribution in [1.82, 2.24) is 5.32 Å². The Morgan fingerprint density at radius 1 is 1.33 bits per heavy atom. The third-order valence-corrected chi connectivity index (χ3v) is 1.92. The van der Waals surface area contributed by atoms with E-state index in [4.69, 9.17) is 15.1 Å². The average molecular weight is 285 g/mol. The van der Waals surface area contributed by atoms with E-state index in [1.807, 2.05) is 0 Å². The molecule has 106 valence electrons. The van der Waals surface area contributed by atoms with Crippen LogP contribution in [0.15, 0.2) is 0 Å². The summed E-state index contributed by atoms with van der Waals surface area (Å²) in [4.78, 5) is 38.3. The minimum Gasteiger partial charge on any atom is -0.481 e. The molecule has 0 radical (unpaired) electrons. The molecule has 0 amide bonds. The molecule has 0 saturated heterocycles. The van der Waals surface area contributed by atoms with Gasteiger partial charge in [0.15, 0.2) is 0 Å². The summed E-state index contributed by atoms with van der Waals surface area (Å²) in [6.45, 7) is 2.03. The standard InChI is InChI=1S/C5H9NO4.C3H7O4P/c1-6-3(5(9)10)2-4(7)8;1-3(4)7-8(2,5)6/h3,6H,2H2,1H3,(H,7,8)(H,9,10);1-2H3,(H,5,6). The number of carboxylic acids is 2. The zero-order valence-electron chi connectivity index (χ0n) is 10.1. The summed E-state index contributed by atoms with van der Waals surface area (Å²) in [6.07, 6.45) is -0.397. The molecular formula is C8H16NO8P. The molecule has 4 N–H and O–H groups in total. The SMILES string of the molecule is CC(=O)OP(C)(=O)O.CNC(CC(=O)O)C(=O)O. The second-order valence-electron chi connectivity index (χ2n) is 3.16. The minimum atomic E-state index is -3.57. The molecule has 2 unspecified atom stereocenters. The van der Waals surface area contributed by atoms with Crippen molar-refractivity contribution in [2.45, 2.75) is 19.4 Å². The van der Waals surface area contributed by atoms with Crippen LogP contribution >= 0.6 is 7.60 Å². The Kier molecular flexibility index (Phi) is 9.06. The summed E-state index contributed by atoms with van der Waals surface area (Å²) >= 11 is 0. The predicted octanol–water partition coefficient (Wildman–Crippen LogP) is -0.502. The van der Waals surface area contributed by atoms with Gasteiger partial charge in [0.1, 0.15) is 6.04 Å². The smallest absolute Gasteiger partial charge is 0.375 e. The topological polar surface area (TPSA) is 150 Å². The molecule has 0 aromatic carbocycles. The normalized spacial score (nSPS) is 14.4. The molecular weight excluding hydrogens is 269 g/mol. The molecule has 0 aliphatic heterocycles. The molecule has 0 aliphatic rings. The first-order valence-corrected chi connectivity index (χ1v) is 6.64. The average Bonchev–Trinajstić information content (AvgIpc) is 2.10. The van der Waals surface area contributed by atoms with Gasteiger partial charge in [-0.2, -0.15) is 0 Å².